The third-order valence-corrected chi connectivity index (χ3v) is 3.84. The van der Waals surface area contributed by atoms with Crippen LogP contribution in [0.15, 0.2) is 0 Å². The van der Waals surface area contributed by atoms with Crippen LogP contribution < -0.4 is 5.32 Å². The third kappa shape index (κ3) is 21.3. The number of ether oxygens (including phenoxy) is 3. The Morgan fingerprint density at radius 3 is 1.88 bits per heavy atom. The third-order valence-electron chi connectivity index (χ3n) is 3.84. The highest BCUT2D eigenvalue weighted by Crippen LogP contribution is 2.09. The van der Waals surface area contributed by atoms with Gasteiger partial charge in [0.2, 0.25) is 5.91 Å². The highest BCUT2D eigenvalue weighted by Gasteiger charge is 2.01. The molecule has 0 rings (SSSR count). The molecule has 0 aliphatic heterocycles. The Kier molecular flexibility index (Phi) is 17.7. The maximum atomic E-state index is 11.6. The normalized spacial score (nSPS) is 11.4. The summed E-state index contributed by atoms with van der Waals surface area (Å²) in [6.07, 6.45) is 6.30. The second-order valence-electron chi connectivity index (χ2n) is 7.36. The predicted octanol–water partition coefficient (Wildman–Crippen LogP) is 3.81. The zero-order chi connectivity index (χ0) is 18.8. The summed E-state index contributed by atoms with van der Waals surface area (Å²) in [6, 6.07) is 0. The number of amides is 1. The van der Waals surface area contributed by atoms with Crippen molar-refractivity contribution in [2.45, 2.75) is 66.2 Å². The molecule has 0 spiro atoms. The summed E-state index contributed by atoms with van der Waals surface area (Å²) in [6.45, 7) is 13.1. The Morgan fingerprint density at radius 1 is 0.720 bits per heavy atom. The number of carbonyl (C=O) groups is 1. The predicted molar refractivity (Wildman–Crippen MR) is 103 cm³/mol. The summed E-state index contributed by atoms with van der Waals surface area (Å²) >= 11 is 0. The van der Waals surface area contributed by atoms with Crippen LogP contribution in [0.1, 0.15) is 66.2 Å². The molecule has 0 aromatic rings. The van der Waals surface area contributed by atoms with Gasteiger partial charge < -0.3 is 19.5 Å². The van der Waals surface area contributed by atoms with Crippen LogP contribution in [0.2, 0.25) is 0 Å². The van der Waals surface area contributed by atoms with Gasteiger partial charge in [0, 0.05) is 19.6 Å². The molecule has 0 bridgehead atoms. The zero-order valence-electron chi connectivity index (χ0n) is 17.0. The van der Waals surface area contributed by atoms with Crippen LogP contribution in [0.3, 0.4) is 0 Å². The maximum Gasteiger partial charge on any atom is 0.220 e. The van der Waals surface area contributed by atoms with Crippen molar-refractivity contribution in [1.82, 2.24) is 5.32 Å². The van der Waals surface area contributed by atoms with E-state index in [1.54, 1.807) is 0 Å². The van der Waals surface area contributed by atoms with Crippen molar-refractivity contribution in [2.75, 3.05) is 46.2 Å². The highest BCUT2D eigenvalue weighted by atomic mass is 16.5. The summed E-state index contributed by atoms with van der Waals surface area (Å²) in [5, 5.41) is 2.89. The van der Waals surface area contributed by atoms with E-state index in [4.69, 9.17) is 14.2 Å². The molecule has 0 atom stereocenters. The molecule has 0 aromatic carbocycles. The van der Waals surface area contributed by atoms with Crippen molar-refractivity contribution in [3.63, 3.8) is 0 Å². The Bertz CT molecular complexity index is 295. The Labute approximate surface area is 155 Å². The molecule has 0 aliphatic carbocycles. The highest BCUT2D eigenvalue weighted by molar-refractivity contribution is 5.75. The second-order valence-corrected chi connectivity index (χ2v) is 7.36. The Morgan fingerprint density at radius 2 is 1.28 bits per heavy atom. The first kappa shape index (κ1) is 24.4. The lowest BCUT2D eigenvalue weighted by Crippen LogP contribution is -2.27. The van der Waals surface area contributed by atoms with Gasteiger partial charge in [-0.1, -0.05) is 47.0 Å². The summed E-state index contributed by atoms with van der Waals surface area (Å²) in [5.74, 6) is 1.56. The SMILES string of the molecule is CC(C)CCCCCC(=O)NCCOCCOCCOCCC(C)C. The molecule has 150 valence electrons. The van der Waals surface area contributed by atoms with Crippen LogP contribution >= 0.6 is 0 Å². The lowest BCUT2D eigenvalue weighted by molar-refractivity contribution is -0.121. The summed E-state index contributed by atoms with van der Waals surface area (Å²) in [4.78, 5) is 11.6. The fourth-order valence-electron chi connectivity index (χ4n) is 2.23. The minimum atomic E-state index is 0.128. The fourth-order valence-corrected chi connectivity index (χ4v) is 2.23. The molecular formula is C20H41NO4. The second kappa shape index (κ2) is 18.2. The van der Waals surface area contributed by atoms with Gasteiger partial charge in [-0.2, -0.15) is 0 Å². The van der Waals surface area contributed by atoms with Gasteiger partial charge in [0.25, 0.3) is 0 Å². The van der Waals surface area contributed by atoms with Crippen molar-refractivity contribution < 1.29 is 19.0 Å². The van der Waals surface area contributed by atoms with Gasteiger partial charge in [-0.15, -0.1) is 0 Å². The Balaban J connectivity index is 3.16. The largest absolute Gasteiger partial charge is 0.379 e. The molecule has 5 nitrogen and oxygen atoms in total. The minimum absolute atomic E-state index is 0.128. The lowest BCUT2D eigenvalue weighted by atomic mass is 10.0. The standard InChI is InChI=1S/C20H41NO4/c1-18(2)8-6-5-7-9-20(22)21-11-13-24-15-17-25-16-14-23-12-10-19(3)4/h18-19H,5-17H2,1-4H3,(H,21,22). The van der Waals surface area contributed by atoms with Gasteiger partial charge in [0.15, 0.2) is 0 Å². The molecule has 0 aliphatic rings. The van der Waals surface area contributed by atoms with Crippen LogP contribution in [0.4, 0.5) is 0 Å². The molecule has 25 heavy (non-hydrogen) atoms. The van der Waals surface area contributed by atoms with E-state index in [1.807, 2.05) is 0 Å². The molecule has 0 heterocycles. The number of unbranched alkanes of at least 4 members (excludes halogenated alkanes) is 2. The van der Waals surface area contributed by atoms with Crippen LogP contribution in [0.25, 0.3) is 0 Å². The zero-order valence-corrected chi connectivity index (χ0v) is 17.0. The van der Waals surface area contributed by atoms with Crippen LogP contribution in [-0.4, -0.2) is 52.1 Å². The number of rotatable bonds is 18. The topological polar surface area (TPSA) is 56.8 Å². The van der Waals surface area contributed by atoms with Crippen molar-refractivity contribution in [2.24, 2.45) is 11.8 Å². The molecule has 0 saturated carbocycles. The van der Waals surface area contributed by atoms with Crippen molar-refractivity contribution >= 4 is 5.91 Å². The average molecular weight is 360 g/mol. The van der Waals surface area contributed by atoms with E-state index in [9.17, 15) is 4.79 Å². The molecule has 1 N–H and O–H groups in total. The number of hydrogen-bond acceptors (Lipinski definition) is 4. The minimum Gasteiger partial charge on any atom is -0.379 e. The van der Waals surface area contributed by atoms with E-state index in [1.165, 1.54) is 12.8 Å². The molecule has 0 unspecified atom stereocenters. The summed E-state index contributed by atoms with van der Waals surface area (Å²) < 4.78 is 16.3. The van der Waals surface area contributed by atoms with E-state index in [0.717, 1.165) is 31.8 Å². The average Bonchev–Trinajstić information content (AvgIpc) is 2.55. The van der Waals surface area contributed by atoms with Gasteiger partial charge >= 0.3 is 0 Å². The maximum absolute atomic E-state index is 11.6. The van der Waals surface area contributed by atoms with E-state index >= 15 is 0 Å². The lowest BCUT2D eigenvalue weighted by Gasteiger charge is -2.08. The quantitative estimate of drug-likeness (QED) is 0.378. The van der Waals surface area contributed by atoms with Gasteiger partial charge in [0.05, 0.1) is 33.0 Å². The first-order valence-corrected chi connectivity index (χ1v) is 10.0. The molecule has 5 heteroatoms. The van der Waals surface area contributed by atoms with Crippen molar-refractivity contribution in [1.29, 1.82) is 0 Å². The molecule has 0 fully saturated rings. The molecular weight excluding hydrogens is 318 g/mol. The van der Waals surface area contributed by atoms with Crippen LogP contribution in [0, 0.1) is 11.8 Å². The van der Waals surface area contributed by atoms with Gasteiger partial charge in [-0.25, -0.2) is 0 Å². The van der Waals surface area contributed by atoms with E-state index in [2.05, 4.69) is 33.0 Å². The van der Waals surface area contributed by atoms with Gasteiger partial charge in [-0.3, -0.25) is 4.79 Å². The number of nitrogens with one attached hydrogen (secondary N) is 1. The monoisotopic (exact) mass is 359 g/mol. The molecule has 0 radical (unpaired) electrons. The molecule has 0 saturated heterocycles. The number of carbonyl (C=O) groups excluding carboxylic acids is 1. The fraction of sp³-hybridized carbons (Fsp3) is 0.950. The van der Waals surface area contributed by atoms with Crippen LogP contribution in [-0.2, 0) is 19.0 Å². The van der Waals surface area contributed by atoms with E-state index in [0.29, 0.717) is 51.9 Å². The first-order valence-electron chi connectivity index (χ1n) is 10.0. The first-order chi connectivity index (χ1) is 12.0. The summed E-state index contributed by atoms with van der Waals surface area (Å²) in [5.41, 5.74) is 0. The number of hydrogen-bond donors (Lipinski definition) is 1. The van der Waals surface area contributed by atoms with Gasteiger partial charge in [-0.05, 0) is 24.7 Å². The Hall–Kier alpha value is -0.650. The molecule has 1 amide bonds. The van der Waals surface area contributed by atoms with Gasteiger partial charge in [0.1, 0.15) is 0 Å². The van der Waals surface area contributed by atoms with E-state index in [-0.39, 0.29) is 5.91 Å². The molecule has 0 aromatic heterocycles. The van der Waals surface area contributed by atoms with E-state index < -0.39 is 0 Å². The van der Waals surface area contributed by atoms with Crippen molar-refractivity contribution in [3.05, 3.63) is 0 Å². The summed E-state index contributed by atoms with van der Waals surface area (Å²) in [7, 11) is 0. The van der Waals surface area contributed by atoms with Crippen molar-refractivity contribution in [3.8, 4) is 0 Å². The van der Waals surface area contributed by atoms with Crippen LogP contribution in [0.5, 0.6) is 0 Å². The smallest absolute Gasteiger partial charge is 0.220 e.